The van der Waals surface area contributed by atoms with E-state index in [-0.39, 0.29) is 11.7 Å². The van der Waals surface area contributed by atoms with Gasteiger partial charge in [-0.2, -0.15) is 0 Å². The van der Waals surface area contributed by atoms with E-state index in [0.717, 1.165) is 35.0 Å². The first-order valence-electron chi connectivity index (χ1n) is 8.09. The van der Waals surface area contributed by atoms with Gasteiger partial charge in [0.05, 0.1) is 23.1 Å². The average Bonchev–Trinajstić information content (AvgIpc) is 2.89. The molecule has 0 N–H and O–H groups in total. The molecule has 1 atom stereocenters. The zero-order chi connectivity index (χ0) is 17.1. The van der Waals surface area contributed by atoms with Crippen LogP contribution in [0.25, 0.3) is 0 Å². The summed E-state index contributed by atoms with van der Waals surface area (Å²) in [6.45, 7) is 9.62. The molecule has 1 saturated heterocycles. The van der Waals surface area contributed by atoms with Crippen LogP contribution >= 0.6 is 22.9 Å². The second-order valence-corrected chi connectivity index (χ2v) is 8.84. The van der Waals surface area contributed by atoms with Crippen LogP contribution in [0, 0.1) is 0 Å². The average molecular weight is 360 g/mol. The summed E-state index contributed by atoms with van der Waals surface area (Å²) >= 11 is 7.51. The highest BCUT2D eigenvalue weighted by atomic mass is 35.5. The van der Waals surface area contributed by atoms with Crippen LogP contribution in [0.5, 0.6) is 0 Å². The summed E-state index contributed by atoms with van der Waals surface area (Å²) in [6.07, 6.45) is 2.50. The van der Waals surface area contributed by atoms with Crippen LogP contribution in [0.2, 0.25) is 4.34 Å². The van der Waals surface area contributed by atoms with Gasteiger partial charge in [-0.3, -0.25) is 0 Å². The normalized spacial score (nSPS) is 22.2. The lowest BCUT2D eigenvalue weighted by molar-refractivity contribution is -0.101. The van der Waals surface area contributed by atoms with Gasteiger partial charge in [0.1, 0.15) is 5.60 Å². The summed E-state index contributed by atoms with van der Waals surface area (Å²) in [7, 11) is 0. The topological polar surface area (TPSA) is 38.8 Å². The molecule has 0 radical (unpaired) electrons. The van der Waals surface area contributed by atoms with E-state index in [9.17, 15) is 4.79 Å². The van der Waals surface area contributed by atoms with Crippen LogP contribution in [0.3, 0.4) is 0 Å². The van der Waals surface area contributed by atoms with Crippen molar-refractivity contribution >= 4 is 29.0 Å². The van der Waals surface area contributed by atoms with Gasteiger partial charge in [0.2, 0.25) is 0 Å². The van der Waals surface area contributed by atoms with E-state index in [2.05, 4.69) is 6.92 Å². The van der Waals surface area contributed by atoms with E-state index in [4.69, 9.17) is 21.1 Å². The molecule has 1 aliphatic heterocycles. The lowest BCUT2D eigenvalue weighted by Crippen LogP contribution is -2.52. The van der Waals surface area contributed by atoms with Gasteiger partial charge in [0, 0.05) is 11.4 Å². The van der Waals surface area contributed by atoms with Crippen LogP contribution in [0.1, 0.15) is 51.8 Å². The SMILES string of the molecule is CCC1(OCc2ccc(Cl)s2)CCCN(C(=O)OC(C)(C)C)C1. The molecule has 2 heterocycles. The van der Waals surface area contributed by atoms with Gasteiger partial charge in [0.15, 0.2) is 0 Å². The molecule has 1 unspecified atom stereocenters. The number of ether oxygens (including phenoxy) is 2. The predicted molar refractivity (Wildman–Crippen MR) is 94.2 cm³/mol. The lowest BCUT2D eigenvalue weighted by Gasteiger charge is -2.42. The van der Waals surface area contributed by atoms with Crippen molar-refractivity contribution in [1.29, 1.82) is 0 Å². The maximum Gasteiger partial charge on any atom is 0.410 e. The Bertz CT molecular complexity index is 540. The number of halogens is 1. The summed E-state index contributed by atoms with van der Waals surface area (Å²) in [6, 6.07) is 3.88. The zero-order valence-corrected chi connectivity index (χ0v) is 15.9. The number of carbonyl (C=O) groups excluding carboxylic acids is 1. The number of thiophene rings is 1. The highest BCUT2D eigenvalue weighted by Crippen LogP contribution is 2.32. The second-order valence-electron chi connectivity index (χ2n) is 7.04. The molecule has 2 rings (SSSR count). The van der Waals surface area contributed by atoms with Gasteiger partial charge in [-0.05, 0) is 52.2 Å². The van der Waals surface area contributed by atoms with E-state index in [1.54, 1.807) is 4.90 Å². The Morgan fingerprint density at radius 1 is 1.43 bits per heavy atom. The third kappa shape index (κ3) is 5.37. The first-order valence-corrected chi connectivity index (χ1v) is 9.28. The molecule has 6 heteroatoms. The number of piperidine rings is 1. The molecule has 1 aliphatic rings. The Balaban J connectivity index is 1.98. The molecule has 0 aliphatic carbocycles. The number of nitrogens with zero attached hydrogens (tertiary/aromatic N) is 1. The van der Waals surface area contributed by atoms with Crippen LogP contribution < -0.4 is 0 Å². The monoisotopic (exact) mass is 359 g/mol. The molecule has 0 spiro atoms. The zero-order valence-electron chi connectivity index (χ0n) is 14.4. The Labute approximate surface area is 147 Å². The fraction of sp³-hybridized carbons (Fsp3) is 0.706. The largest absolute Gasteiger partial charge is 0.444 e. The van der Waals surface area contributed by atoms with Gasteiger partial charge in [0.25, 0.3) is 0 Å². The highest BCUT2D eigenvalue weighted by Gasteiger charge is 2.38. The van der Waals surface area contributed by atoms with E-state index >= 15 is 0 Å². The Morgan fingerprint density at radius 3 is 2.74 bits per heavy atom. The van der Waals surface area contributed by atoms with Gasteiger partial charge in [-0.25, -0.2) is 4.79 Å². The Morgan fingerprint density at radius 2 is 2.17 bits per heavy atom. The Kier molecular flexibility index (Phi) is 5.98. The maximum atomic E-state index is 12.3. The molecule has 1 aromatic heterocycles. The molecule has 1 aromatic rings. The van der Waals surface area contributed by atoms with Crippen molar-refractivity contribution in [1.82, 2.24) is 4.90 Å². The van der Waals surface area contributed by atoms with E-state index < -0.39 is 5.60 Å². The minimum Gasteiger partial charge on any atom is -0.444 e. The summed E-state index contributed by atoms with van der Waals surface area (Å²) in [5.41, 5.74) is -0.774. The lowest BCUT2D eigenvalue weighted by atomic mass is 9.90. The minimum absolute atomic E-state index is 0.252. The van der Waals surface area contributed by atoms with Crippen LogP contribution in [0.15, 0.2) is 12.1 Å². The summed E-state index contributed by atoms with van der Waals surface area (Å²) in [4.78, 5) is 15.2. The molecule has 0 aromatic carbocycles. The van der Waals surface area contributed by atoms with Gasteiger partial charge in [-0.15, -0.1) is 11.3 Å². The third-order valence-electron chi connectivity index (χ3n) is 3.98. The second kappa shape index (κ2) is 7.41. The minimum atomic E-state index is -0.474. The van der Waals surface area contributed by atoms with Crippen molar-refractivity contribution in [3.05, 3.63) is 21.3 Å². The molecule has 1 fully saturated rings. The number of hydrogen-bond acceptors (Lipinski definition) is 4. The van der Waals surface area contributed by atoms with Crippen LogP contribution in [-0.2, 0) is 16.1 Å². The first-order chi connectivity index (χ1) is 10.7. The number of likely N-dealkylation sites (tertiary alicyclic amines) is 1. The molecular weight excluding hydrogens is 334 g/mol. The molecule has 23 heavy (non-hydrogen) atoms. The highest BCUT2D eigenvalue weighted by molar-refractivity contribution is 7.16. The van der Waals surface area contributed by atoms with Crippen LogP contribution in [-0.4, -0.2) is 35.3 Å². The van der Waals surface area contributed by atoms with E-state index in [1.807, 2.05) is 32.9 Å². The summed E-state index contributed by atoms with van der Waals surface area (Å²) in [5.74, 6) is 0. The molecule has 4 nitrogen and oxygen atoms in total. The fourth-order valence-corrected chi connectivity index (χ4v) is 3.74. The van der Waals surface area contributed by atoms with E-state index in [1.165, 1.54) is 11.3 Å². The molecule has 0 bridgehead atoms. The number of hydrogen-bond donors (Lipinski definition) is 0. The molecule has 0 saturated carbocycles. The van der Waals surface area contributed by atoms with Gasteiger partial charge in [-0.1, -0.05) is 18.5 Å². The first kappa shape index (κ1) is 18.6. The molecule has 1 amide bonds. The van der Waals surface area contributed by atoms with E-state index in [0.29, 0.717) is 13.2 Å². The van der Waals surface area contributed by atoms with Crippen molar-refractivity contribution in [2.75, 3.05) is 13.1 Å². The summed E-state index contributed by atoms with van der Waals surface area (Å²) < 4.78 is 12.5. The third-order valence-corrected chi connectivity index (χ3v) is 5.19. The smallest absolute Gasteiger partial charge is 0.410 e. The van der Waals surface area contributed by atoms with Crippen molar-refractivity contribution in [2.24, 2.45) is 0 Å². The fourth-order valence-electron chi connectivity index (χ4n) is 2.74. The maximum absolute atomic E-state index is 12.3. The standard InChI is InChI=1S/C17H26ClNO3S/c1-5-17(21-11-13-7-8-14(18)23-13)9-6-10-19(12-17)15(20)22-16(2,3)4/h7-8H,5-6,9-12H2,1-4H3. The van der Waals surface area contributed by atoms with Gasteiger partial charge >= 0.3 is 6.09 Å². The van der Waals surface area contributed by atoms with Crippen molar-refractivity contribution in [3.8, 4) is 0 Å². The predicted octanol–water partition coefficient (Wildman–Crippen LogP) is 5.10. The summed E-state index contributed by atoms with van der Waals surface area (Å²) in [5, 5.41) is 0. The molecular formula is C17H26ClNO3S. The molecule has 130 valence electrons. The number of carbonyl (C=O) groups is 1. The van der Waals surface area contributed by atoms with Crippen LogP contribution in [0.4, 0.5) is 4.79 Å². The van der Waals surface area contributed by atoms with Crippen molar-refractivity contribution in [3.63, 3.8) is 0 Å². The quantitative estimate of drug-likeness (QED) is 0.750. The van der Waals surface area contributed by atoms with Gasteiger partial charge < -0.3 is 14.4 Å². The number of rotatable bonds is 4. The van der Waals surface area contributed by atoms with Crippen molar-refractivity contribution in [2.45, 2.75) is 64.8 Å². The number of amides is 1. The Hall–Kier alpha value is -0.780. The van der Waals surface area contributed by atoms with Crippen molar-refractivity contribution < 1.29 is 14.3 Å².